The van der Waals surface area contributed by atoms with Gasteiger partial charge in [0.2, 0.25) is 5.95 Å². The summed E-state index contributed by atoms with van der Waals surface area (Å²) in [4.78, 5) is 46.8. The van der Waals surface area contributed by atoms with Crippen LogP contribution >= 0.6 is 27.9 Å². The van der Waals surface area contributed by atoms with E-state index in [9.17, 15) is 4.79 Å². The lowest BCUT2D eigenvalue weighted by Gasteiger charge is -2.44. The fourth-order valence-electron chi connectivity index (χ4n) is 10.4. The monoisotopic (exact) mass is 991 g/mol. The number of hydrogen-bond donors (Lipinski definition) is 3. The fraction of sp³-hybridized carbons (Fsp3) is 0.500. The Kier molecular flexibility index (Phi) is 15.2. The predicted molar refractivity (Wildman–Crippen MR) is 278 cm³/mol. The van der Waals surface area contributed by atoms with Crippen LogP contribution in [-0.4, -0.2) is 149 Å². The van der Waals surface area contributed by atoms with Gasteiger partial charge in [-0.2, -0.15) is 4.98 Å². The van der Waals surface area contributed by atoms with Crippen molar-refractivity contribution in [2.45, 2.75) is 71.5 Å². The van der Waals surface area contributed by atoms with Gasteiger partial charge in [0.25, 0.3) is 5.91 Å². The van der Waals surface area contributed by atoms with E-state index in [1.807, 2.05) is 18.4 Å². The summed E-state index contributed by atoms with van der Waals surface area (Å²) in [5.74, 6) is 2.02. The van der Waals surface area contributed by atoms with Gasteiger partial charge in [0.15, 0.2) is 0 Å². The summed E-state index contributed by atoms with van der Waals surface area (Å²) in [6.45, 7) is 20.4. The Morgan fingerprint density at radius 2 is 1.60 bits per heavy atom. The molecule has 0 bridgehead atoms. The lowest BCUT2D eigenvalue weighted by Crippen LogP contribution is -2.55. The highest BCUT2D eigenvalue weighted by atomic mass is 79.9. The summed E-state index contributed by atoms with van der Waals surface area (Å²) in [6, 6.07) is 15.7. The Morgan fingerprint density at radius 1 is 0.851 bits per heavy atom. The number of rotatable bonds is 17. The molecule has 0 spiro atoms. The third kappa shape index (κ3) is 10.6. The second-order valence-corrected chi connectivity index (χ2v) is 19.7. The Labute approximate surface area is 408 Å². The molecule has 1 atom stereocenters. The van der Waals surface area contributed by atoms with Gasteiger partial charge in [0.05, 0.1) is 34.2 Å². The van der Waals surface area contributed by atoms with E-state index in [2.05, 4.69) is 127 Å². The molecule has 3 saturated heterocycles. The highest BCUT2D eigenvalue weighted by Crippen LogP contribution is 2.39. The average molecular weight is 993 g/mol. The molecular formula is C50H66BrN13O2S. The number of nitrogens with zero attached hydrogens (tertiary/aromatic N) is 10. The van der Waals surface area contributed by atoms with Gasteiger partial charge < -0.3 is 34.8 Å². The van der Waals surface area contributed by atoms with E-state index < -0.39 is 0 Å². The van der Waals surface area contributed by atoms with Crippen LogP contribution in [-0.2, 0) is 13.0 Å². The lowest BCUT2D eigenvalue weighted by molar-refractivity contribution is 0.0709. The minimum absolute atomic E-state index is 0.199. The van der Waals surface area contributed by atoms with Gasteiger partial charge in [0.1, 0.15) is 17.1 Å². The van der Waals surface area contributed by atoms with Crippen molar-refractivity contribution in [2.24, 2.45) is 0 Å². The standard InChI is InChI=1S/C50H66BrN13O2S/c1-6-8-34(3)64-33-36-29-38(9-10-39(36)49(64)65)62-27-23-60(24-28-62)20-19-59-21-25-61(26-22-59)37-13-17-63(18-14-37)44-31-45(66-4)43(30-35(44)7-2)56-50-54-32-40(51)48(57-50)55-42-12-11-41-46(47(42)58-67-5)53-16-15-52-41/h9-12,15-16,29-32,34,37,58H,6-8,13-14,17-28,33H2,1-5H3,(H2,54,55,56,57). The average Bonchev–Trinajstić information content (AvgIpc) is 3.70. The number of amides is 1. The van der Waals surface area contributed by atoms with Gasteiger partial charge in [-0.15, -0.1) is 0 Å². The van der Waals surface area contributed by atoms with Gasteiger partial charge >= 0.3 is 0 Å². The number of carbonyl (C=O) groups excluding carboxylic acids is 1. The number of halogens is 1. The molecule has 1 amide bonds. The molecule has 15 nitrogen and oxygen atoms in total. The van der Waals surface area contributed by atoms with Gasteiger partial charge in [-0.25, -0.2) is 4.98 Å². The number of aryl methyl sites for hydroxylation is 1. The summed E-state index contributed by atoms with van der Waals surface area (Å²) >= 11 is 5.14. The molecule has 3 aromatic carbocycles. The number of ether oxygens (including phenoxy) is 1. The lowest BCUT2D eigenvalue weighted by atomic mass is 9.99. The molecule has 4 aliphatic rings. The normalized spacial score (nSPS) is 18.1. The Morgan fingerprint density at radius 3 is 2.31 bits per heavy atom. The number of benzene rings is 3. The first-order valence-electron chi connectivity index (χ1n) is 24.2. The second kappa shape index (κ2) is 21.6. The topological polar surface area (TPSA) is 133 Å². The summed E-state index contributed by atoms with van der Waals surface area (Å²) in [7, 11) is 1.73. The SMILES string of the molecule is CCCC(C)N1Cc2cc(N3CCN(CCN4CCN(C5CCN(c6cc(OC)c(Nc7ncc(Br)c(Nc8ccc9nccnc9c8NSC)n7)cc6CC)CC5)CC4)CC3)ccc2C1=O. The van der Waals surface area contributed by atoms with Gasteiger partial charge in [-0.05, 0) is 96.1 Å². The molecule has 3 N–H and O–H groups in total. The second-order valence-electron chi connectivity index (χ2n) is 18.2. The van der Waals surface area contributed by atoms with E-state index in [0.717, 1.165) is 161 Å². The van der Waals surface area contributed by atoms with Crippen molar-refractivity contribution in [1.29, 1.82) is 0 Å². The highest BCUT2D eigenvalue weighted by molar-refractivity contribution is 9.10. The fourth-order valence-corrected chi connectivity index (χ4v) is 11.1. The molecule has 1 unspecified atom stereocenters. The molecular weight excluding hydrogens is 927 g/mol. The maximum absolute atomic E-state index is 13.1. The van der Waals surface area contributed by atoms with Gasteiger partial charge in [-0.1, -0.05) is 32.2 Å². The van der Waals surface area contributed by atoms with Crippen LogP contribution < -0.4 is 29.9 Å². The molecule has 0 radical (unpaired) electrons. The maximum atomic E-state index is 13.1. The van der Waals surface area contributed by atoms with Crippen LogP contribution in [0.25, 0.3) is 11.0 Å². The Bertz CT molecular complexity index is 2510. The number of anilines is 7. The summed E-state index contributed by atoms with van der Waals surface area (Å²) < 4.78 is 10.1. The molecule has 0 aliphatic carbocycles. The first kappa shape index (κ1) is 47.1. The molecule has 67 heavy (non-hydrogen) atoms. The third-order valence-electron chi connectivity index (χ3n) is 14.2. The largest absolute Gasteiger partial charge is 0.494 e. The van der Waals surface area contributed by atoms with E-state index >= 15 is 0 Å². The zero-order chi connectivity index (χ0) is 46.4. The number of nitrogens with one attached hydrogen (secondary N) is 3. The van der Waals surface area contributed by atoms with Crippen molar-refractivity contribution in [3.63, 3.8) is 0 Å². The van der Waals surface area contributed by atoms with E-state index in [1.165, 1.54) is 34.4 Å². The Hall–Kier alpha value is -4.94. The Balaban J connectivity index is 0.740. The van der Waals surface area contributed by atoms with Crippen LogP contribution in [0.4, 0.5) is 40.2 Å². The summed E-state index contributed by atoms with van der Waals surface area (Å²) in [5.41, 5.74) is 9.92. The number of piperazine rings is 2. The smallest absolute Gasteiger partial charge is 0.254 e. The van der Waals surface area contributed by atoms with Crippen LogP contribution in [0.5, 0.6) is 5.75 Å². The summed E-state index contributed by atoms with van der Waals surface area (Å²) in [5, 5.41) is 6.94. The van der Waals surface area contributed by atoms with Crippen LogP contribution in [0.3, 0.4) is 0 Å². The van der Waals surface area contributed by atoms with Crippen LogP contribution in [0.1, 0.15) is 67.9 Å². The molecule has 9 rings (SSSR count). The molecule has 4 aliphatic heterocycles. The van der Waals surface area contributed by atoms with E-state index in [-0.39, 0.29) is 11.9 Å². The number of aromatic nitrogens is 4. The molecule has 0 saturated carbocycles. The minimum atomic E-state index is 0.199. The van der Waals surface area contributed by atoms with Crippen molar-refractivity contribution < 1.29 is 9.53 Å². The number of hydrogen-bond acceptors (Lipinski definition) is 15. The number of piperidine rings is 1. The minimum Gasteiger partial charge on any atom is -0.494 e. The molecule has 5 aromatic rings. The van der Waals surface area contributed by atoms with Crippen molar-refractivity contribution in [3.8, 4) is 5.75 Å². The molecule has 356 valence electrons. The highest BCUT2D eigenvalue weighted by Gasteiger charge is 2.32. The first-order valence-corrected chi connectivity index (χ1v) is 26.2. The van der Waals surface area contributed by atoms with Crippen molar-refractivity contribution >= 4 is 85.0 Å². The molecule has 6 heterocycles. The zero-order valence-corrected chi connectivity index (χ0v) is 42.1. The maximum Gasteiger partial charge on any atom is 0.254 e. The van der Waals surface area contributed by atoms with Gasteiger partial charge in [0, 0.05) is 145 Å². The van der Waals surface area contributed by atoms with E-state index in [0.29, 0.717) is 17.8 Å². The van der Waals surface area contributed by atoms with Crippen LogP contribution in [0.15, 0.2) is 65.5 Å². The molecule has 2 aromatic heterocycles. The van der Waals surface area contributed by atoms with E-state index in [1.54, 1.807) is 25.7 Å². The number of fused-ring (bicyclic) bond motifs is 2. The quantitative estimate of drug-likeness (QED) is 0.0769. The molecule has 3 fully saturated rings. The summed E-state index contributed by atoms with van der Waals surface area (Å²) in [6.07, 6.45) is 12.5. The number of carbonyl (C=O) groups is 1. The van der Waals surface area contributed by atoms with Crippen molar-refractivity contribution in [3.05, 3.63) is 82.2 Å². The zero-order valence-electron chi connectivity index (χ0n) is 39.7. The van der Waals surface area contributed by atoms with E-state index in [4.69, 9.17) is 9.72 Å². The van der Waals surface area contributed by atoms with Crippen molar-refractivity contribution in [1.82, 2.24) is 39.5 Å². The van der Waals surface area contributed by atoms with Crippen LogP contribution in [0.2, 0.25) is 0 Å². The van der Waals surface area contributed by atoms with Crippen LogP contribution in [0, 0.1) is 0 Å². The molecule has 17 heteroatoms. The predicted octanol–water partition coefficient (Wildman–Crippen LogP) is 8.48. The number of methoxy groups -OCH3 is 1. The van der Waals surface area contributed by atoms with Gasteiger partial charge in [-0.3, -0.25) is 29.5 Å². The van der Waals surface area contributed by atoms with Crippen molar-refractivity contribution in [2.75, 3.05) is 117 Å². The third-order valence-corrected chi connectivity index (χ3v) is 15.2. The first-order chi connectivity index (χ1) is 32.7.